The van der Waals surface area contributed by atoms with Crippen LogP contribution in [0.25, 0.3) is 0 Å². The first-order chi connectivity index (χ1) is 10.3. The Kier molecular flexibility index (Phi) is 5.16. The number of ether oxygens (including phenoxy) is 1. The first kappa shape index (κ1) is 16.9. The van der Waals surface area contributed by atoms with Crippen molar-refractivity contribution in [3.05, 3.63) is 29.8 Å². The largest absolute Gasteiger partial charge is 0.465 e. The number of nitrogens with one attached hydrogen (secondary N) is 1. The molecule has 2 rings (SSSR count). The fraction of sp³-hybridized carbons (Fsp3) is 0.385. The molecule has 22 heavy (non-hydrogen) atoms. The molecule has 1 aliphatic rings. The number of nitrogens with zero attached hydrogens (tertiary/aromatic N) is 1. The van der Waals surface area contributed by atoms with Crippen LogP contribution in [0.5, 0.6) is 0 Å². The molecule has 9 heteroatoms. The van der Waals surface area contributed by atoms with Crippen LogP contribution in [-0.2, 0) is 19.6 Å². The van der Waals surface area contributed by atoms with Crippen LogP contribution in [0.2, 0.25) is 0 Å². The van der Waals surface area contributed by atoms with E-state index in [0.717, 1.165) is 13.0 Å². The Labute approximate surface area is 131 Å². The molecule has 0 aromatic heterocycles. The molecule has 0 aliphatic carbocycles. The standard InChI is InChI=1S/C13H17N2O5PS/c1-20-13(17)9-4-6-10(7-5-9)22(18,19)14-12(16)11-3-2-8-15(11)21/h4-7,11H,2-3,8,21H2,1H3,(H,14,16)/t11-/m0/s1. The van der Waals surface area contributed by atoms with Gasteiger partial charge in [-0.2, -0.15) is 0 Å². The van der Waals surface area contributed by atoms with Crippen molar-refractivity contribution < 1.29 is 22.7 Å². The SMILES string of the molecule is COC(=O)c1ccc(S(=O)(=O)NC(=O)[C@@H]2CCCN2P)cc1. The average molecular weight is 344 g/mol. The molecule has 0 spiro atoms. The van der Waals surface area contributed by atoms with Gasteiger partial charge in [0, 0.05) is 6.54 Å². The predicted molar refractivity (Wildman–Crippen MR) is 82.5 cm³/mol. The van der Waals surface area contributed by atoms with E-state index >= 15 is 0 Å². The minimum atomic E-state index is -3.96. The normalized spacial score (nSPS) is 18.9. The lowest BCUT2D eigenvalue weighted by Gasteiger charge is -2.18. The van der Waals surface area contributed by atoms with Crippen molar-refractivity contribution in [1.29, 1.82) is 0 Å². The first-order valence-electron chi connectivity index (χ1n) is 6.61. The minimum absolute atomic E-state index is 0.0817. The Bertz CT molecular complexity index is 674. The molecule has 2 atom stereocenters. The molecule has 1 aromatic carbocycles. The van der Waals surface area contributed by atoms with Crippen molar-refractivity contribution in [2.45, 2.75) is 23.8 Å². The van der Waals surface area contributed by atoms with E-state index in [1.54, 1.807) is 4.67 Å². The first-order valence-corrected chi connectivity index (χ1v) is 8.61. The number of benzene rings is 1. The maximum Gasteiger partial charge on any atom is 0.337 e. The number of hydrogen-bond donors (Lipinski definition) is 1. The van der Waals surface area contributed by atoms with E-state index in [9.17, 15) is 18.0 Å². The molecule has 1 saturated heterocycles. The molecule has 120 valence electrons. The molecule has 1 amide bonds. The molecule has 1 N–H and O–H groups in total. The monoisotopic (exact) mass is 344 g/mol. The van der Waals surface area contributed by atoms with Gasteiger partial charge in [0.1, 0.15) is 0 Å². The smallest absolute Gasteiger partial charge is 0.337 e. The zero-order valence-electron chi connectivity index (χ0n) is 12.0. The lowest BCUT2D eigenvalue weighted by molar-refractivity contribution is -0.122. The molecule has 7 nitrogen and oxygen atoms in total. The third-order valence-electron chi connectivity index (χ3n) is 3.42. The van der Waals surface area contributed by atoms with Gasteiger partial charge in [0.05, 0.1) is 23.6 Å². The molecule has 1 unspecified atom stereocenters. The van der Waals surface area contributed by atoms with Crippen LogP contribution in [0.15, 0.2) is 29.2 Å². The fourth-order valence-corrected chi connectivity index (χ4v) is 3.70. The van der Waals surface area contributed by atoms with E-state index in [0.29, 0.717) is 6.42 Å². The summed E-state index contributed by atoms with van der Waals surface area (Å²) in [6, 6.07) is 4.73. The summed E-state index contributed by atoms with van der Waals surface area (Å²) in [6.45, 7) is 0.733. The van der Waals surface area contributed by atoms with Crippen molar-refractivity contribution >= 4 is 31.3 Å². The summed E-state index contributed by atoms with van der Waals surface area (Å²) in [5.74, 6) is -1.11. The predicted octanol–water partition coefficient (Wildman–Crippen LogP) is 0.533. The quantitative estimate of drug-likeness (QED) is 0.633. The topological polar surface area (TPSA) is 92.8 Å². The van der Waals surface area contributed by atoms with Crippen LogP contribution >= 0.6 is 9.39 Å². The summed E-state index contributed by atoms with van der Waals surface area (Å²) in [4.78, 5) is 23.3. The molecule has 0 saturated carbocycles. The van der Waals surface area contributed by atoms with Crippen LogP contribution in [0.4, 0.5) is 0 Å². The Hall–Kier alpha value is -1.50. The second kappa shape index (κ2) is 6.73. The summed E-state index contributed by atoms with van der Waals surface area (Å²) in [6.07, 6.45) is 1.46. The van der Waals surface area contributed by atoms with Crippen molar-refractivity contribution in [1.82, 2.24) is 9.39 Å². The van der Waals surface area contributed by atoms with Gasteiger partial charge in [-0.25, -0.2) is 17.9 Å². The maximum absolute atomic E-state index is 12.2. The number of carbonyl (C=O) groups is 2. The van der Waals surface area contributed by atoms with Crippen LogP contribution < -0.4 is 4.72 Å². The summed E-state index contributed by atoms with van der Waals surface area (Å²) in [5, 5.41) is 0. The lowest BCUT2D eigenvalue weighted by atomic mass is 10.2. The maximum atomic E-state index is 12.2. The minimum Gasteiger partial charge on any atom is -0.465 e. The molecular weight excluding hydrogens is 327 g/mol. The molecule has 0 radical (unpaired) electrons. The number of esters is 1. The van der Waals surface area contributed by atoms with Gasteiger partial charge < -0.3 is 4.74 Å². The van der Waals surface area contributed by atoms with Crippen molar-refractivity contribution in [3.8, 4) is 0 Å². The highest BCUT2D eigenvalue weighted by molar-refractivity contribution is 7.90. The third kappa shape index (κ3) is 3.63. The van der Waals surface area contributed by atoms with Crippen molar-refractivity contribution in [2.75, 3.05) is 13.7 Å². The highest BCUT2D eigenvalue weighted by Crippen LogP contribution is 2.21. The van der Waals surface area contributed by atoms with Crippen LogP contribution in [0.1, 0.15) is 23.2 Å². The molecule has 1 aromatic rings. The van der Waals surface area contributed by atoms with Crippen LogP contribution in [0, 0.1) is 0 Å². The van der Waals surface area contributed by atoms with E-state index in [2.05, 4.69) is 18.8 Å². The van der Waals surface area contributed by atoms with E-state index < -0.39 is 27.9 Å². The molecule has 1 fully saturated rings. The Morgan fingerprint density at radius 2 is 1.95 bits per heavy atom. The van der Waals surface area contributed by atoms with Crippen LogP contribution in [0.3, 0.4) is 0 Å². The van der Waals surface area contributed by atoms with Gasteiger partial charge in [0.25, 0.3) is 15.9 Å². The van der Waals surface area contributed by atoms with E-state index in [1.807, 2.05) is 0 Å². The Morgan fingerprint density at radius 3 is 2.45 bits per heavy atom. The molecule has 1 heterocycles. The van der Waals surface area contributed by atoms with E-state index in [-0.39, 0.29) is 10.5 Å². The summed E-state index contributed by atoms with van der Waals surface area (Å²) in [7, 11) is -0.290. The Balaban J connectivity index is 2.13. The summed E-state index contributed by atoms with van der Waals surface area (Å²) < 4.78 is 32.7. The van der Waals surface area contributed by atoms with Gasteiger partial charge in [0.15, 0.2) is 0 Å². The van der Waals surface area contributed by atoms with Crippen molar-refractivity contribution in [3.63, 3.8) is 0 Å². The number of rotatable bonds is 4. The van der Waals surface area contributed by atoms with Gasteiger partial charge in [-0.05, 0) is 37.1 Å². The van der Waals surface area contributed by atoms with Crippen molar-refractivity contribution in [2.24, 2.45) is 0 Å². The highest BCUT2D eigenvalue weighted by atomic mass is 32.2. The number of carbonyl (C=O) groups excluding carboxylic acids is 2. The zero-order chi connectivity index (χ0) is 16.3. The highest BCUT2D eigenvalue weighted by Gasteiger charge is 2.31. The number of sulfonamides is 1. The van der Waals surface area contributed by atoms with Gasteiger partial charge in [-0.3, -0.25) is 9.46 Å². The van der Waals surface area contributed by atoms with E-state index in [1.165, 1.54) is 31.4 Å². The lowest BCUT2D eigenvalue weighted by Crippen LogP contribution is -2.42. The fourth-order valence-electron chi connectivity index (χ4n) is 2.22. The number of hydrogen-bond acceptors (Lipinski definition) is 6. The average Bonchev–Trinajstić information content (AvgIpc) is 2.92. The van der Waals surface area contributed by atoms with Gasteiger partial charge in [-0.15, -0.1) is 0 Å². The molecule has 1 aliphatic heterocycles. The number of methoxy groups -OCH3 is 1. The molecular formula is C13H17N2O5PS. The summed E-state index contributed by atoms with van der Waals surface area (Å²) in [5.41, 5.74) is 0.236. The zero-order valence-corrected chi connectivity index (χ0v) is 14.0. The number of amides is 1. The van der Waals surface area contributed by atoms with Crippen LogP contribution in [-0.4, -0.2) is 44.7 Å². The van der Waals surface area contributed by atoms with Gasteiger partial charge in [0.2, 0.25) is 0 Å². The van der Waals surface area contributed by atoms with Gasteiger partial charge >= 0.3 is 5.97 Å². The summed E-state index contributed by atoms with van der Waals surface area (Å²) >= 11 is 0. The van der Waals surface area contributed by atoms with E-state index in [4.69, 9.17) is 0 Å². The second-order valence-electron chi connectivity index (χ2n) is 4.88. The third-order valence-corrected chi connectivity index (χ3v) is 5.40. The van der Waals surface area contributed by atoms with Gasteiger partial charge in [-0.1, -0.05) is 9.39 Å². The Morgan fingerprint density at radius 1 is 1.32 bits per heavy atom. The second-order valence-corrected chi connectivity index (χ2v) is 7.23. The molecule has 0 bridgehead atoms.